The zero-order valence-corrected chi connectivity index (χ0v) is 12.4. The predicted octanol–water partition coefficient (Wildman–Crippen LogP) is 2.98. The summed E-state index contributed by atoms with van der Waals surface area (Å²) in [4.78, 5) is 26.3. The highest BCUT2D eigenvalue weighted by Gasteiger charge is 2.16. The Balaban J connectivity index is 2.19. The molecule has 1 amide bonds. The van der Waals surface area contributed by atoms with Gasteiger partial charge in [-0.25, -0.2) is 4.98 Å². The first-order chi connectivity index (χ1) is 9.88. The number of nitrogens with one attached hydrogen (secondary N) is 1. The molecule has 7 nitrogen and oxygen atoms in total. The van der Waals surface area contributed by atoms with E-state index in [4.69, 9.17) is 17.3 Å². The number of thiazole rings is 1. The summed E-state index contributed by atoms with van der Waals surface area (Å²) in [5.41, 5.74) is 5.88. The molecule has 1 heterocycles. The van der Waals surface area contributed by atoms with E-state index in [-0.39, 0.29) is 28.1 Å². The molecule has 1 aromatic carbocycles. The van der Waals surface area contributed by atoms with Gasteiger partial charge < -0.3 is 11.1 Å². The van der Waals surface area contributed by atoms with Crippen LogP contribution in [0.2, 0.25) is 5.02 Å². The van der Waals surface area contributed by atoms with E-state index in [1.54, 1.807) is 12.3 Å². The average Bonchev–Trinajstić information content (AvgIpc) is 2.90. The molecular weight excluding hydrogens is 316 g/mol. The SMILES string of the molecule is CC(N)c1nc(C(=O)Nc2ccc(Cl)c([N+](=O)[O-])c2)cs1. The molecule has 2 aromatic rings. The molecule has 21 heavy (non-hydrogen) atoms. The van der Waals surface area contributed by atoms with E-state index in [1.807, 2.05) is 0 Å². The van der Waals surface area contributed by atoms with Gasteiger partial charge in [0, 0.05) is 17.1 Å². The number of hydrogen-bond donors (Lipinski definition) is 2. The molecule has 1 unspecified atom stereocenters. The number of anilines is 1. The van der Waals surface area contributed by atoms with Crippen LogP contribution < -0.4 is 11.1 Å². The number of nitro groups is 1. The smallest absolute Gasteiger partial charge is 0.289 e. The first-order valence-electron chi connectivity index (χ1n) is 5.84. The molecule has 0 aliphatic carbocycles. The summed E-state index contributed by atoms with van der Waals surface area (Å²) in [6, 6.07) is 3.77. The van der Waals surface area contributed by atoms with Crippen molar-refractivity contribution in [3.05, 3.63) is 49.4 Å². The van der Waals surface area contributed by atoms with E-state index in [9.17, 15) is 14.9 Å². The zero-order chi connectivity index (χ0) is 15.6. The number of aromatic nitrogens is 1. The number of halogens is 1. The number of hydrogen-bond acceptors (Lipinski definition) is 6. The largest absolute Gasteiger partial charge is 0.322 e. The first-order valence-corrected chi connectivity index (χ1v) is 7.10. The van der Waals surface area contributed by atoms with Crippen LogP contribution in [0, 0.1) is 10.1 Å². The second-order valence-corrected chi connectivity index (χ2v) is 5.53. The molecule has 1 atom stereocenters. The molecule has 0 saturated heterocycles. The van der Waals surface area contributed by atoms with Gasteiger partial charge in [-0.15, -0.1) is 11.3 Å². The van der Waals surface area contributed by atoms with Gasteiger partial charge in [0.05, 0.1) is 11.0 Å². The Morgan fingerprint density at radius 2 is 2.29 bits per heavy atom. The van der Waals surface area contributed by atoms with E-state index < -0.39 is 10.8 Å². The highest BCUT2D eigenvalue weighted by Crippen LogP contribution is 2.27. The zero-order valence-electron chi connectivity index (χ0n) is 10.9. The van der Waals surface area contributed by atoms with Gasteiger partial charge in [-0.3, -0.25) is 14.9 Å². The van der Waals surface area contributed by atoms with Crippen molar-refractivity contribution >= 4 is 40.2 Å². The van der Waals surface area contributed by atoms with Crippen molar-refractivity contribution < 1.29 is 9.72 Å². The molecule has 0 saturated carbocycles. The lowest BCUT2D eigenvalue weighted by molar-refractivity contribution is -0.384. The van der Waals surface area contributed by atoms with Crippen LogP contribution in [0.3, 0.4) is 0 Å². The Morgan fingerprint density at radius 1 is 1.57 bits per heavy atom. The number of amides is 1. The number of carbonyl (C=O) groups is 1. The van der Waals surface area contributed by atoms with E-state index >= 15 is 0 Å². The number of nitrogens with two attached hydrogens (primary N) is 1. The Morgan fingerprint density at radius 3 is 2.86 bits per heavy atom. The summed E-state index contributed by atoms with van der Waals surface area (Å²) in [6.45, 7) is 1.77. The molecule has 0 spiro atoms. The fourth-order valence-corrected chi connectivity index (χ4v) is 2.47. The van der Waals surface area contributed by atoms with Crippen LogP contribution in [0.25, 0.3) is 0 Å². The van der Waals surface area contributed by atoms with Crippen molar-refractivity contribution in [3.8, 4) is 0 Å². The number of rotatable bonds is 4. The molecule has 3 N–H and O–H groups in total. The average molecular weight is 327 g/mol. The number of carbonyl (C=O) groups excluding carboxylic acids is 1. The van der Waals surface area contributed by atoms with Gasteiger partial charge in [0.1, 0.15) is 15.7 Å². The summed E-state index contributed by atoms with van der Waals surface area (Å²) in [7, 11) is 0. The summed E-state index contributed by atoms with van der Waals surface area (Å²) in [6.07, 6.45) is 0. The minimum absolute atomic E-state index is 0.00546. The summed E-state index contributed by atoms with van der Waals surface area (Å²) in [5.74, 6) is -0.463. The standard InChI is InChI=1S/C12H11ClN4O3S/c1-6(14)12-16-9(5-21-12)11(18)15-7-2-3-8(13)10(4-7)17(19)20/h2-6H,14H2,1H3,(H,15,18). The van der Waals surface area contributed by atoms with Gasteiger partial charge in [0.2, 0.25) is 0 Å². The summed E-state index contributed by atoms with van der Waals surface area (Å²) in [5, 5.41) is 15.6. The molecule has 0 aliphatic heterocycles. The Kier molecular flexibility index (Phi) is 4.51. The maximum atomic E-state index is 12.0. The van der Waals surface area contributed by atoms with Crippen molar-refractivity contribution in [2.24, 2.45) is 5.73 Å². The van der Waals surface area contributed by atoms with Gasteiger partial charge >= 0.3 is 0 Å². The van der Waals surface area contributed by atoms with Crippen molar-refractivity contribution in [2.75, 3.05) is 5.32 Å². The van der Waals surface area contributed by atoms with Gasteiger partial charge in [-0.1, -0.05) is 11.6 Å². The second kappa shape index (κ2) is 6.17. The molecule has 0 aliphatic rings. The van der Waals surface area contributed by atoms with Crippen LogP contribution in [0.4, 0.5) is 11.4 Å². The summed E-state index contributed by atoms with van der Waals surface area (Å²) < 4.78 is 0. The van der Waals surface area contributed by atoms with Crippen LogP contribution in [0.15, 0.2) is 23.6 Å². The topological polar surface area (TPSA) is 111 Å². The van der Waals surface area contributed by atoms with Crippen LogP contribution in [0.5, 0.6) is 0 Å². The molecule has 2 rings (SSSR count). The molecule has 110 valence electrons. The predicted molar refractivity (Wildman–Crippen MR) is 80.8 cm³/mol. The second-order valence-electron chi connectivity index (χ2n) is 4.24. The van der Waals surface area contributed by atoms with Gasteiger partial charge in [-0.05, 0) is 19.1 Å². The summed E-state index contributed by atoms with van der Waals surface area (Å²) >= 11 is 6.98. The third-order valence-electron chi connectivity index (χ3n) is 2.54. The third-order valence-corrected chi connectivity index (χ3v) is 3.91. The normalized spacial score (nSPS) is 12.0. The molecule has 0 bridgehead atoms. The molecule has 0 fully saturated rings. The molecular formula is C12H11ClN4O3S. The van der Waals surface area contributed by atoms with Crippen molar-refractivity contribution in [1.82, 2.24) is 4.98 Å². The van der Waals surface area contributed by atoms with E-state index in [1.165, 1.54) is 29.5 Å². The lowest BCUT2D eigenvalue weighted by atomic mass is 10.2. The fraction of sp³-hybridized carbons (Fsp3) is 0.167. The Hall–Kier alpha value is -2.03. The van der Waals surface area contributed by atoms with Crippen LogP contribution in [-0.2, 0) is 0 Å². The molecule has 0 radical (unpaired) electrons. The minimum Gasteiger partial charge on any atom is -0.322 e. The lowest BCUT2D eigenvalue weighted by Crippen LogP contribution is -2.13. The Bertz CT molecular complexity index is 702. The monoisotopic (exact) mass is 326 g/mol. The van der Waals surface area contributed by atoms with Crippen LogP contribution in [0.1, 0.15) is 28.5 Å². The quantitative estimate of drug-likeness (QED) is 0.662. The fourth-order valence-electron chi connectivity index (χ4n) is 1.53. The van der Waals surface area contributed by atoms with E-state index in [2.05, 4.69) is 10.3 Å². The minimum atomic E-state index is -0.616. The van der Waals surface area contributed by atoms with E-state index in [0.717, 1.165) is 0 Å². The highest BCUT2D eigenvalue weighted by molar-refractivity contribution is 7.09. The number of benzene rings is 1. The maximum Gasteiger partial charge on any atom is 0.289 e. The number of nitro benzene ring substituents is 1. The van der Waals surface area contributed by atoms with Crippen LogP contribution >= 0.6 is 22.9 Å². The van der Waals surface area contributed by atoms with Crippen molar-refractivity contribution in [3.63, 3.8) is 0 Å². The lowest BCUT2D eigenvalue weighted by Gasteiger charge is -2.04. The van der Waals surface area contributed by atoms with Crippen molar-refractivity contribution in [2.45, 2.75) is 13.0 Å². The highest BCUT2D eigenvalue weighted by atomic mass is 35.5. The number of nitrogens with zero attached hydrogens (tertiary/aromatic N) is 2. The molecule has 1 aromatic heterocycles. The van der Waals surface area contributed by atoms with Crippen LogP contribution in [-0.4, -0.2) is 15.8 Å². The van der Waals surface area contributed by atoms with Crippen molar-refractivity contribution in [1.29, 1.82) is 0 Å². The Labute approximate surface area is 128 Å². The third kappa shape index (κ3) is 3.54. The van der Waals surface area contributed by atoms with E-state index in [0.29, 0.717) is 5.01 Å². The maximum absolute atomic E-state index is 12.0. The first kappa shape index (κ1) is 15.4. The van der Waals surface area contributed by atoms with Gasteiger partial charge in [-0.2, -0.15) is 0 Å². The van der Waals surface area contributed by atoms with Gasteiger partial charge in [0.15, 0.2) is 0 Å². The molecule has 9 heteroatoms. The van der Waals surface area contributed by atoms with Gasteiger partial charge in [0.25, 0.3) is 11.6 Å².